The zero-order valence-electron chi connectivity index (χ0n) is 15.2. The summed E-state index contributed by atoms with van der Waals surface area (Å²) >= 11 is 1.22. The highest BCUT2D eigenvalue weighted by molar-refractivity contribution is 7.99. The summed E-state index contributed by atoms with van der Waals surface area (Å²) in [7, 11) is 0. The number of urea groups is 1. The summed E-state index contributed by atoms with van der Waals surface area (Å²) in [5.74, 6) is -0.781. The molecular weight excluding hydrogens is 385 g/mol. The van der Waals surface area contributed by atoms with Crippen molar-refractivity contribution < 1.29 is 23.5 Å². The summed E-state index contributed by atoms with van der Waals surface area (Å²) in [5.41, 5.74) is 5.80. The van der Waals surface area contributed by atoms with Crippen molar-refractivity contribution in [2.45, 2.75) is 12.7 Å². The Labute approximate surface area is 166 Å². The van der Waals surface area contributed by atoms with Crippen molar-refractivity contribution in [3.8, 4) is 0 Å². The summed E-state index contributed by atoms with van der Waals surface area (Å²) in [5, 5.41) is 2.51. The Morgan fingerprint density at radius 2 is 1.75 bits per heavy atom. The quantitative estimate of drug-likeness (QED) is 0.486. The van der Waals surface area contributed by atoms with Crippen molar-refractivity contribution in [3.63, 3.8) is 0 Å². The van der Waals surface area contributed by atoms with E-state index in [1.807, 2.05) is 0 Å². The fourth-order valence-electron chi connectivity index (χ4n) is 2.10. The van der Waals surface area contributed by atoms with Gasteiger partial charge >= 0.3 is 12.0 Å². The van der Waals surface area contributed by atoms with E-state index in [2.05, 4.69) is 16.2 Å². The number of anilines is 1. The monoisotopic (exact) mass is 405 g/mol. The number of amides is 3. The molecule has 0 bridgehead atoms. The zero-order valence-corrected chi connectivity index (χ0v) is 16.0. The number of ether oxygens (including phenoxy) is 1. The molecule has 0 aromatic heterocycles. The lowest BCUT2D eigenvalue weighted by atomic mass is 10.2. The van der Waals surface area contributed by atoms with Gasteiger partial charge in [-0.05, 0) is 42.8 Å². The highest BCUT2D eigenvalue weighted by Gasteiger charge is 2.08. The highest BCUT2D eigenvalue weighted by Crippen LogP contribution is 2.15. The topological polar surface area (TPSA) is 96.5 Å². The number of halogens is 1. The van der Waals surface area contributed by atoms with E-state index in [1.54, 1.807) is 25.1 Å². The molecule has 3 amide bonds. The Balaban J connectivity index is 1.69. The Hall–Kier alpha value is -3.07. The molecule has 3 N–H and O–H groups in total. The first-order chi connectivity index (χ1) is 13.5. The van der Waals surface area contributed by atoms with Gasteiger partial charge in [0, 0.05) is 11.4 Å². The van der Waals surface area contributed by atoms with Gasteiger partial charge in [0.05, 0.1) is 17.9 Å². The van der Waals surface area contributed by atoms with Gasteiger partial charge < -0.3 is 10.1 Å². The number of thioether (sulfide) groups is 1. The Kier molecular flexibility index (Phi) is 8.29. The van der Waals surface area contributed by atoms with Gasteiger partial charge in [-0.1, -0.05) is 18.2 Å². The number of benzene rings is 2. The van der Waals surface area contributed by atoms with Crippen LogP contribution in [0.2, 0.25) is 0 Å². The standard InChI is InChI=1S/C19H20FN3O4S/c1-2-27-18(25)13-7-9-15(10-8-13)21-19(26)23-22-17(24)12-28-11-14-5-3-4-6-16(14)20/h3-10H,2,11-12H2,1H3,(H,22,24)(H2,21,23,26). The van der Waals surface area contributed by atoms with Gasteiger partial charge in [0.1, 0.15) is 5.82 Å². The van der Waals surface area contributed by atoms with E-state index in [9.17, 15) is 18.8 Å². The fraction of sp³-hybridized carbons (Fsp3) is 0.211. The summed E-state index contributed by atoms with van der Waals surface area (Å²) in [6.07, 6.45) is 0. The molecule has 7 nitrogen and oxygen atoms in total. The normalized spacial score (nSPS) is 10.1. The van der Waals surface area contributed by atoms with E-state index >= 15 is 0 Å². The fourth-order valence-corrected chi connectivity index (χ4v) is 2.91. The number of carbonyl (C=O) groups excluding carboxylic acids is 3. The van der Waals surface area contributed by atoms with Gasteiger partial charge in [-0.3, -0.25) is 10.2 Å². The number of hydrogen-bond acceptors (Lipinski definition) is 5. The van der Waals surface area contributed by atoms with Gasteiger partial charge in [-0.2, -0.15) is 0 Å². The molecule has 0 saturated heterocycles. The maximum Gasteiger partial charge on any atom is 0.338 e. The molecule has 0 aliphatic rings. The molecular formula is C19H20FN3O4S. The van der Waals surface area contributed by atoms with Gasteiger partial charge in [-0.25, -0.2) is 19.4 Å². The van der Waals surface area contributed by atoms with E-state index in [-0.39, 0.29) is 18.2 Å². The van der Waals surface area contributed by atoms with Crippen LogP contribution in [0.5, 0.6) is 0 Å². The minimum absolute atomic E-state index is 0.0584. The predicted molar refractivity (Wildman–Crippen MR) is 105 cm³/mol. The number of nitrogens with one attached hydrogen (secondary N) is 3. The molecule has 0 unspecified atom stereocenters. The van der Waals surface area contributed by atoms with Crippen LogP contribution in [0, 0.1) is 5.82 Å². The van der Waals surface area contributed by atoms with E-state index in [0.29, 0.717) is 22.6 Å². The molecule has 2 aromatic rings. The van der Waals surface area contributed by atoms with Crippen LogP contribution in [0.4, 0.5) is 14.9 Å². The SMILES string of the molecule is CCOC(=O)c1ccc(NC(=O)NNC(=O)CSCc2ccccc2F)cc1. The molecule has 0 atom stereocenters. The van der Waals surface area contributed by atoms with Crippen molar-refractivity contribution in [2.75, 3.05) is 17.7 Å². The van der Waals surface area contributed by atoms with Crippen molar-refractivity contribution >= 4 is 35.4 Å². The minimum Gasteiger partial charge on any atom is -0.462 e. The molecule has 0 spiro atoms. The molecule has 0 fully saturated rings. The Morgan fingerprint density at radius 1 is 1.04 bits per heavy atom. The second kappa shape index (κ2) is 10.9. The van der Waals surface area contributed by atoms with Crippen LogP contribution in [0.3, 0.4) is 0 Å². The van der Waals surface area contributed by atoms with E-state index in [1.165, 1.54) is 42.1 Å². The first-order valence-corrected chi connectivity index (χ1v) is 9.59. The molecule has 28 heavy (non-hydrogen) atoms. The van der Waals surface area contributed by atoms with Crippen LogP contribution in [-0.4, -0.2) is 30.3 Å². The maximum atomic E-state index is 13.5. The van der Waals surface area contributed by atoms with Crippen LogP contribution in [0.25, 0.3) is 0 Å². The maximum absolute atomic E-state index is 13.5. The lowest BCUT2D eigenvalue weighted by Crippen LogP contribution is -2.44. The molecule has 148 valence electrons. The number of hydrazine groups is 1. The molecule has 9 heteroatoms. The first-order valence-electron chi connectivity index (χ1n) is 8.43. The molecule has 0 aliphatic heterocycles. The summed E-state index contributed by atoms with van der Waals surface area (Å²) in [6, 6.07) is 11.8. The highest BCUT2D eigenvalue weighted by atomic mass is 32.2. The number of hydrogen-bond donors (Lipinski definition) is 3. The van der Waals surface area contributed by atoms with Crippen molar-refractivity contribution in [2.24, 2.45) is 0 Å². The van der Waals surface area contributed by atoms with Crippen LogP contribution >= 0.6 is 11.8 Å². The lowest BCUT2D eigenvalue weighted by molar-refractivity contribution is -0.119. The lowest BCUT2D eigenvalue weighted by Gasteiger charge is -2.09. The number of esters is 1. The van der Waals surface area contributed by atoms with Gasteiger partial charge in [0.15, 0.2) is 0 Å². The molecule has 2 aromatic carbocycles. The van der Waals surface area contributed by atoms with Crippen LogP contribution < -0.4 is 16.2 Å². The third-order valence-electron chi connectivity index (χ3n) is 3.42. The average molecular weight is 405 g/mol. The largest absolute Gasteiger partial charge is 0.462 e. The Morgan fingerprint density at radius 3 is 2.43 bits per heavy atom. The average Bonchev–Trinajstić information content (AvgIpc) is 2.68. The second-order valence-electron chi connectivity index (χ2n) is 5.51. The third kappa shape index (κ3) is 6.92. The smallest absolute Gasteiger partial charge is 0.338 e. The molecule has 0 saturated carbocycles. The van der Waals surface area contributed by atoms with Crippen LogP contribution in [0.1, 0.15) is 22.8 Å². The Bertz CT molecular complexity index is 830. The summed E-state index contributed by atoms with van der Waals surface area (Å²) in [6.45, 7) is 1.99. The second-order valence-corrected chi connectivity index (χ2v) is 6.49. The molecule has 0 radical (unpaired) electrons. The van der Waals surface area contributed by atoms with Gasteiger partial charge in [0.2, 0.25) is 5.91 Å². The molecule has 2 rings (SSSR count). The number of carbonyl (C=O) groups is 3. The third-order valence-corrected chi connectivity index (χ3v) is 4.40. The summed E-state index contributed by atoms with van der Waals surface area (Å²) < 4.78 is 18.3. The van der Waals surface area contributed by atoms with Gasteiger partial charge in [-0.15, -0.1) is 11.8 Å². The van der Waals surface area contributed by atoms with E-state index in [0.717, 1.165) is 0 Å². The number of rotatable bonds is 7. The summed E-state index contributed by atoms with van der Waals surface area (Å²) in [4.78, 5) is 35.1. The molecule has 0 heterocycles. The predicted octanol–water partition coefficient (Wildman–Crippen LogP) is 3.09. The van der Waals surface area contributed by atoms with Crippen molar-refractivity contribution in [3.05, 3.63) is 65.5 Å². The first kappa shape index (κ1) is 21.2. The minimum atomic E-state index is -0.642. The van der Waals surface area contributed by atoms with Crippen molar-refractivity contribution in [1.82, 2.24) is 10.9 Å². The molecule has 0 aliphatic carbocycles. The van der Waals surface area contributed by atoms with E-state index < -0.39 is 17.9 Å². The van der Waals surface area contributed by atoms with Crippen LogP contribution in [-0.2, 0) is 15.3 Å². The van der Waals surface area contributed by atoms with Crippen LogP contribution in [0.15, 0.2) is 48.5 Å². The zero-order chi connectivity index (χ0) is 20.4. The van der Waals surface area contributed by atoms with Crippen molar-refractivity contribution in [1.29, 1.82) is 0 Å². The van der Waals surface area contributed by atoms with Gasteiger partial charge in [0.25, 0.3) is 0 Å². The van der Waals surface area contributed by atoms with E-state index in [4.69, 9.17) is 4.74 Å².